The predicted octanol–water partition coefficient (Wildman–Crippen LogP) is 4.39. The molecule has 0 fully saturated rings. The summed E-state index contributed by atoms with van der Waals surface area (Å²) >= 11 is 3.24. The molecular formula is C16H13BrFN3. The van der Waals surface area contributed by atoms with Gasteiger partial charge in [-0.2, -0.15) is 0 Å². The van der Waals surface area contributed by atoms with Crippen LogP contribution in [-0.4, -0.2) is 9.55 Å². The fourth-order valence-corrected chi connectivity index (χ4v) is 2.36. The molecule has 1 heterocycles. The van der Waals surface area contributed by atoms with Crippen molar-refractivity contribution in [2.45, 2.75) is 6.54 Å². The highest BCUT2D eigenvalue weighted by Crippen LogP contribution is 2.20. The van der Waals surface area contributed by atoms with Crippen LogP contribution in [0.3, 0.4) is 0 Å². The molecule has 0 atom stereocenters. The van der Waals surface area contributed by atoms with Gasteiger partial charge in [-0.15, -0.1) is 0 Å². The minimum atomic E-state index is -0.264. The van der Waals surface area contributed by atoms with E-state index in [2.05, 4.69) is 26.2 Å². The van der Waals surface area contributed by atoms with Crippen LogP contribution in [-0.2, 0) is 6.54 Å². The van der Waals surface area contributed by atoms with Gasteiger partial charge in [0, 0.05) is 29.1 Å². The molecule has 21 heavy (non-hydrogen) atoms. The van der Waals surface area contributed by atoms with Gasteiger partial charge in [0.05, 0.1) is 12.0 Å². The summed E-state index contributed by atoms with van der Waals surface area (Å²) in [6.45, 7) is 0.572. The summed E-state index contributed by atoms with van der Waals surface area (Å²) in [7, 11) is 0. The van der Waals surface area contributed by atoms with E-state index in [1.54, 1.807) is 18.6 Å². The van der Waals surface area contributed by atoms with Gasteiger partial charge in [-0.1, -0.05) is 28.1 Å². The quantitative estimate of drug-likeness (QED) is 0.760. The molecular weight excluding hydrogens is 333 g/mol. The van der Waals surface area contributed by atoms with Crippen molar-refractivity contribution in [3.05, 3.63) is 77.0 Å². The SMILES string of the molecule is Fc1cc(Br)ccc1NCc1ccc(-n2ccnc2)cc1. The van der Waals surface area contributed by atoms with Crippen LogP contribution in [0.1, 0.15) is 5.56 Å². The van der Waals surface area contributed by atoms with Gasteiger partial charge in [0.15, 0.2) is 0 Å². The zero-order chi connectivity index (χ0) is 14.7. The van der Waals surface area contributed by atoms with E-state index in [0.717, 1.165) is 15.7 Å². The lowest BCUT2D eigenvalue weighted by Crippen LogP contribution is -2.01. The van der Waals surface area contributed by atoms with E-state index >= 15 is 0 Å². The molecule has 0 unspecified atom stereocenters. The van der Waals surface area contributed by atoms with Gasteiger partial charge in [-0.05, 0) is 35.9 Å². The van der Waals surface area contributed by atoms with Crippen LogP contribution in [0.25, 0.3) is 5.69 Å². The number of anilines is 1. The second kappa shape index (κ2) is 6.10. The summed E-state index contributed by atoms with van der Waals surface area (Å²) < 4.78 is 16.4. The van der Waals surface area contributed by atoms with Gasteiger partial charge < -0.3 is 9.88 Å². The number of nitrogens with zero attached hydrogens (tertiary/aromatic N) is 2. The van der Waals surface area contributed by atoms with Gasteiger partial charge in [-0.25, -0.2) is 9.37 Å². The molecule has 3 aromatic rings. The maximum absolute atomic E-state index is 13.7. The molecule has 0 spiro atoms. The minimum Gasteiger partial charge on any atom is -0.379 e. The predicted molar refractivity (Wildman–Crippen MR) is 85.0 cm³/mol. The summed E-state index contributed by atoms with van der Waals surface area (Å²) in [4.78, 5) is 4.02. The second-order valence-corrected chi connectivity index (χ2v) is 5.53. The standard InChI is InChI=1S/C16H13BrFN3/c17-13-3-6-16(15(18)9-13)20-10-12-1-4-14(5-2-12)21-8-7-19-11-21/h1-9,11,20H,10H2. The molecule has 3 nitrogen and oxygen atoms in total. The normalized spacial score (nSPS) is 10.6. The lowest BCUT2D eigenvalue weighted by Gasteiger charge is -2.09. The van der Waals surface area contributed by atoms with Crippen LogP contribution >= 0.6 is 15.9 Å². The Morgan fingerprint density at radius 1 is 1.14 bits per heavy atom. The van der Waals surface area contributed by atoms with Crippen LogP contribution in [0.15, 0.2) is 65.7 Å². The first-order chi connectivity index (χ1) is 10.2. The summed E-state index contributed by atoms with van der Waals surface area (Å²) in [6.07, 6.45) is 5.39. The summed E-state index contributed by atoms with van der Waals surface area (Å²) in [5, 5.41) is 3.10. The van der Waals surface area contributed by atoms with Crippen molar-refractivity contribution in [2.24, 2.45) is 0 Å². The molecule has 0 aliphatic carbocycles. The van der Waals surface area contributed by atoms with Crippen molar-refractivity contribution in [3.8, 4) is 5.69 Å². The third kappa shape index (κ3) is 3.31. The molecule has 0 aliphatic rings. The first kappa shape index (κ1) is 13.8. The van der Waals surface area contributed by atoms with E-state index in [9.17, 15) is 4.39 Å². The maximum atomic E-state index is 13.7. The molecule has 0 radical (unpaired) electrons. The highest BCUT2D eigenvalue weighted by Gasteiger charge is 2.02. The summed E-state index contributed by atoms with van der Waals surface area (Å²) in [5.74, 6) is -0.264. The Morgan fingerprint density at radius 2 is 1.95 bits per heavy atom. The van der Waals surface area contributed by atoms with E-state index in [-0.39, 0.29) is 5.82 Å². The van der Waals surface area contributed by atoms with Gasteiger partial charge in [0.2, 0.25) is 0 Å². The molecule has 1 aromatic heterocycles. The van der Waals surface area contributed by atoms with E-state index in [1.165, 1.54) is 6.07 Å². The van der Waals surface area contributed by atoms with Crippen molar-refractivity contribution in [3.63, 3.8) is 0 Å². The number of rotatable bonds is 4. The van der Waals surface area contributed by atoms with Crippen LogP contribution < -0.4 is 5.32 Å². The molecule has 0 saturated carbocycles. The van der Waals surface area contributed by atoms with E-state index in [4.69, 9.17) is 0 Å². The van der Waals surface area contributed by atoms with E-state index in [0.29, 0.717) is 12.2 Å². The molecule has 0 amide bonds. The minimum absolute atomic E-state index is 0.264. The third-order valence-electron chi connectivity index (χ3n) is 3.15. The Balaban J connectivity index is 1.68. The number of hydrogen-bond donors (Lipinski definition) is 1. The van der Waals surface area contributed by atoms with Crippen LogP contribution in [0.5, 0.6) is 0 Å². The Kier molecular flexibility index (Phi) is 4.01. The lowest BCUT2D eigenvalue weighted by atomic mass is 10.2. The molecule has 2 aromatic carbocycles. The number of aromatic nitrogens is 2. The van der Waals surface area contributed by atoms with Crippen molar-refractivity contribution in [2.75, 3.05) is 5.32 Å². The van der Waals surface area contributed by atoms with Gasteiger partial charge in [-0.3, -0.25) is 0 Å². The second-order valence-electron chi connectivity index (χ2n) is 4.61. The number of benzene rings is 2. The number of halogens is 2. The summed E-state index contributed by atoms with van der Waals surface area (Å²) in [5.41, 5.74) is 2.63. The fourth-order valence-electron chi connectivity index (χ4n) is 2.03. The van der Waals surface area contributed by atoms with E-state index < -0.39 is 0 Å². The fraction of sp³-hybridized carbons (Fsp3) is 0.0625. The molecule has 3 rings (SSSR count). The van der Waals surface area contributed by atoms with E-state index in [1.807, 2.05) is 41.1 Å². The molecule has 5 heteroatoms. The van der Waals surface area contributed by atoms with Gasteiger partial charge in [0.1, 0.15) is 5.82 Å². The maximum Gasteiger partial charge on any atom is 0.147 e. The highest BCUT2D eigenvalue weighted by molar-refractivity contribution is 9.10. The van der Waals surface area contributed by atoms with Crippen molar-refractivity contribution < 1.29 is 4.39 Å². The molecule has 0 bridgehead atoms. The monoisotopic (exact) mass is 345 g/mol. The molecule has 1 N–H and O–H groups in total. The topological polar surface area (TPSA) is 29.9 Å². The Hall–Kier alpha value is -2.14. The number of imidazole rings is 1. The average Bonchev–Trinajstić information content (AvgIpc) is 3.01. The van der Waals surface area contributed by atoms with Gasteiger partial charge >= 0.3 is 0 Å². The summed E-state index contributed by atoms with van der Waals surface area (Å²) in [6, 6.07) is 13.0. The Morgan fingerprint density at radius 3 is 2.62 bits per heavy atom. The van der Waals surface area contributed by atoms with Crippen LogP contribution in [0.2, 0.25) is 0 Å². The lowest BCUT2D eigenvalue weighted by molar-refractivity contribution is 0.629. The Bertz CT molecular complexity index is 724. The third-order valence-corrected chi connectivity index (χ3v) is 3.65. The van der Waals surface area contributed by atoms with Gasteiger partial charge in [0.25, 0.3) is 0 Å². The number of hydrogen-bond acceptors (Lipinski definition) is 2. The van der Waals surface area contributed by atoms with Crippen LogP contribution in [0, 0.1) is 5.82 Å². The molecule has 0 aliphatic heterocycles. The zero-order valence-corrected chi connectivity index (χ0v) is 12.7. The highest BCUT2D eigenvalue weighted by atomic mass is 79.9. The largest absolute Gasteiger partial charge is 0.379 e. The first-order valence-electron chi connectivity index (χ1n) is 6.48. The molecule has 0 saturated heterocycles. The number of nitrogens with one attached hydrogen (secondary N) is 1. The van der Waals surface area contributed by atoms with Crippen molar-refractivity contribution >= 4 is 21.6 Å². The first-order valence-corrected chi connectivity index (χ1v) is 7.28. The van der Waals surface area contributed by atoms with Crippen molar-refractivity contribution in [1.82, 2.24) is 9.55 Å². The zero-order valence-electron chi connectivity index (χ0n) is 11.1. The smallest absolute Gasteiger partial charge is 0.147 e. The van der Waals surface area contributed by atoms with Crippen molar-refractivity contribution in [1.29, 1.82) is 0 Å². The molecule has 106 valence electrons. The van der Waals surface area contributed by atoms with Crippen LogP contribution in [0.4, 0.5) is 10.1 Å². The average molecular weight is 346 g/mol. The Labute approximate surface area is 130 Å².